The maximum Gasteiger partial charge on any atom is 0.255 e. The van der Waals surface area contributed by atoms with Gasteiger partial charge in [0.05, 0.1) is 28.2 Å². The van der Waals surface area contributed by atoms with Crippen LogP contribution in [0.2, 0.25) is 10.0 Å². The lowest BCUT2D eigenvalue weighted by molar-refractivity contribution is -0.124. The van der Waals surface area contributed by atoms with Crippen LogP contribution in [0.3, 0.4) is 0 Å². The quantitative estimate of drug-likeness (QED) is 0.536. The van der Waals surface area contributed by atoms with Gasteiger partial charge in [-0.2, -0.15) is 0 Å². The highest BCUT2D eigenvalue weighted by molar-refractivity contribution is 6.36. The molecule has 0 spiro atoms. The van der Waals surface area contributed by atoms with Gasteiger partial charge in [-0.3, -0.25) is 19.3 Å². The van der Waals surface area contributed by atoms with Crippen LogP contribution in [0.1, 0.15) is 16.8 Å². The average molecular weight is 453 g/mol. The number of hydrogen-bond donors (Lipinski definition) is 1. The van der Waals surface area contributed by atoms with Gasteiger partial charge in [-0.05, 0) is 72.6 Å². The van der Waals surface area contributed by atoms with Gasteiger partial charge >= 0.3 is 0 Å². The fraction of sp³-hybridized carbons (Fsp3) is 0.292. The Labute approximate surface area is 189 Å². The minimum atomic E-state index is -0.342. The molecule has 31 heavy (non-hydrogen) atoms. The number of rotatable bonds is 3. The molecule has 1 aliphatic heterocycles. The van der Waals surface area contributed by atoms with Crippen LogP contribution in [0.25, 0.3) is 0 Å². The van der Waals surface area contributed by atoms with Gasteiger partial charge in [-0.1, -0.05) is 35.4 Å². The highest BCUT2D eigenvalue weighted by Crippen LogP contribution is 2.65. The van der Waals surface area contributed by atoms with Crippen molar-refractivity contribution in [2.75, 3.05) is 10.2 Å². The zero-order valence-corrected chi connectivity index (χ0v) is 17.8. The van der Waals surface area contributed by atoms with E-state index in [1.54, 1.807) is 42.5 Å². The van der Waals surface area contributed by atoms with Gasteiger partial charge in [0, 0.05) is 10.6 Å². The number of benzene rings is 2. The maximum absolute atomic E-state index is 13.2. The second kappa shape index (κ2) is 6.68. The Balaban J connectivity index is 1.23. The number of anilines is 2. The number of nitrogens with zero attached hydrogens (tertiary/aromatic N) is 1. The summed E-state index contributed by atoms with van der Waals surface area (Å²) in [6.45, 7) is 0. The molecule has 156 valence electrons. The number of amides is 3. The third kappa shape index (κ3) is 2.80. The summed E-state index contributed by atoms with van der Waals surface area (Å²) in [6, 6.07) is 11.4. The molecule has 1 N–H and O–H groups in total. The Kier molecular flexibility index (Phi) is 4.11. The molecule has 0 aromatic heterocycles. The normalized spacial score (nSPS) is 32.1. The Morgan fingerprint density at radius 1 is 0.903 bits per heavy atom. The summed E-state index contributed by atoms with van der Waals surface area (Å²) >= 11 is 12.0. The van der Waals surface area contributed by atoms with Gasteiger partial charge in [0.1, 0.15) is 0 Å². The minimum absolute atomic E-state index is 0.107. The van der Waals surface area contributed by atoms with Gasteiger partial charge in [0.2, 0.25) is 11.8 Å². The molecule has 3 amide bonds. The van der Waals surface area contributed by atoms with E-state index >= 15 is 0 Å². The van der Waals surface area contributed by atoms with E-state index in [2.05, 4.69) is 17.5 Å². The molecule has 6 atom stereocenters. The number of halogens is 2. The first-order chi connectivity index (χ1) is 14.9. The lowest BCUT2D eigenvalue weighted by Crippen LogP contribution is -2.40. The number of hydrogen-bond acceptors (Lipinski definition) is 3. The number of carbonyl (C=O) groups excluding carboxylic acids is 3. The Hall–Kier alpha value is -2.63. The highest BCUT2D eigenvalue weighted by atomic mass is 35.5. The van der Waals surface area contributed by atoms with E-state index in [1.807, 2.05) is 0 Å². The van der Waals surface area contributed by atoms with E-state index in [0.717, 1.165) is 6.42 Å². The van der Waals surface area contributed by atoms with Crippen molar-refractivity contribution in [1.82, 2.24) is 0 Å². The standard InChI is InChI=1S/C24H18Cl2N2O3/c25-12-3-8-19(18(26)9-12)27-22(29)11-1-4-13(5-2-11)28-23(30)20-14-6-7-15(17-10-16(14)17)21(20)24(28)31/h1-9,14-17,20-21H,10H2,(H,27,29)/t14-,15+,16-,17-,20+,21+/m1/s1. The van der Waals surface area contributed by atoms with Crippen molar-refractivity contribution in [2.24, 2.45) is 35.5 Å². The van der Waals surface area contributed by atoms with Crippen LogP contribution in [0.5, 0.6) is 0 Å². The molecule has 7 rings (SSSR count). The average Bonchev–Trinajstić information content (AvgIpc) is 3.54. The van der Waals surface area contributed by atoms with Gasteiger partial charge in [0.25, 0.3) is 5.91 Å². The van der Waals surface area contributed by atoms with Gasteiger partial charge in [0.15, 0.2) is 0 Å². The van der Waals surface area contributed by atoms with Crippen molar-refractivity contribution >= 4 is 52.3 Å². The van der Waals surface area contributed by atoms with Crippen molar-refractivity contribution in [3.8, 4) is 0 Å². The van der Waals surface area contributed by atoms with E-state index in [4.69, 9.17) is 23.2 Å². The number of imide groups is 1. The summed E-state index contributed by atoms with van der Waals surface area (Å²) in [6.07, 6.45) is 5.45. The third-order valence-corrected chi connectivity index (χ3v) is 7.78. The topological polar surface area (TPSA) is 66.5 Å². The van der Waals surface area contributed by atoms with Gasteiger partial charge in [-0.25, -0.2) is 0 Å². The van der Waals surface area contributed by atoms with Crippen LogP contribution >= 0.6 is 23.2 Å². The molecular formula is C24H18Cl2N2O3. The second-order valence-corrected chi connectivity index (χ2v) is 9.64. The molecule has 2 saturated carbocycles. The molecule has 2 aromatic rings. The molecule has 5 nitrogen and oxygen atoms in total. The van der Waals surface area contributed by atoms with E-state index in [9.17, 15) is 14.4 Å². The van der Waals surface area contributed by atoms with Crippen LogP contribution in [0, 0.1) is 35.5 Å². The molecule has 0 unspecified atom stereocenters. The SMILES string of the molecule is O=C(Nc1ccc(Cl)cc1Cl)c1ccc(N2C(=O)[C@H]3[C@@H]4C=C[C@@H]([C@H]5C[C@H]45)[C@@H]3C2=O)cc1. The Morgan fingerprint density at radius 2 is 1.52 bits per heavy atom. The smallest absolute Gasteiger partial charge is 0.255 e. The second-order valence-electron chi connectivity index (χ2n) is 8.79. The predicted molar refractivity (Wildman–Crippen MR) is 118 cm³/mol. The van der Waals surface area contributed by atoms with Crippen molar-refractivity contribution < 1.29 is 14.4 Å². The Bertz CT molecular complexity index is 1140. The highest BCUT2D eigenvalue weighted by Gasteiger charge is 2.67. The third-order valence-electron chi connectivity index (χ3n) is 7.23. The van der Waals surface area contributed by atoms with E-state index in [-0.39, 0.29) is 41.4 Å². The first-order valence-corrected chi connectivity index (χ1v) is 11.1. The molecule has 7 heteroatoms. The molecule has 1 heterocycles. The van der Waals surface area contributed by atoms with Crippen molar-refractivity contribution in [3.63, 3.8) is 0 Å². The number of carbonyl (C=O) groups is 3. The van der Waals surface area contributed by atoms with Crippen LogP contribution in [-0.2, 0) is 9.59 Å². The molecule has 1 saturated heterocycles. The largest absolute Gasteiger partial charge is 0.321 e. The molecule has 3 fully saturated rings. The summed E-state index contributed by atoms with van der Waals surface area (Å²) in [5.41, 5.74) is 1.36. The van der Waals surface area contributed by atoms with Crippen molar-refractivity contribution in [3.05, 3.63) is 70.2 Å². The first-order valence-electron chi connectivity index (χ1n) is 10.4. The summed E-state index contributed by atoms with van der Waals surface area (Å²) in [5, 5.41) is 3.57. The van der Waals surface area contributed by atoms with Crippen LogP contribution in [-0.4, -0.2) is 17.7 Å². The summed E-state index contributed by atoms with van der Waals surface area (Å²) < 4.78 is 0. The minimum Gasteiger partial charge on any atom is -0.321 e. The molecule has 2 bridgehead atoms. The lowest BCUT2D eigenvalue weighted by Gasteiger charge is -2.37. The monoisotopic (exact) mass is 452 g/mol. The molecule has 4 aliphatic carbocycles. The fourth-order valence-electron chi connectivity index (χ4n) is 5.76. The maximum atomic E-state index is 13.2. The van der Waals surface area contributed by atoms with E-state index < -0.39 is 0 Å². The molecule has 5 aliphatic rings. The molecule has 0 radical (unpaired) electrons. The van der Waals surface area contributed by atoms with E-state index in [0.29, 0.717) is 38.8 Å². The van der Waals surface area contributed by atoms with Gasteiger partial charge in [-0.15, -0.1) is 0 Å². The van der Waals surface area contributed by atoms with Crippen LogP contribution < -0.4 is 10.2 Å². The lowest BCUT2D eigenvalue weighted by atomic mass is 9.63. The number of allylic oxidation sites excluding steroid dienone is 2. The zero-order chi connectivity index (χ0) is 21.4. The fourth-order valence-corrected chi connectivity index (χ4v) is 6.21. The van der Waals surface area contributed by atoms with E-state index in [1.165, 1.54) is 4.90 Å². The molecule has 2 aromatic carbocycles. The Morgan fingerprint density at radius 3 is 2.10 bits per heavy atom. The summed E-state index contributed by atoms with van der Waals surface area (Å²) in [7, 11) is 0. The number of nitrogens with one attached hydrogen (secondary N) is 1. The van der Waals surface area contributed by atoms with Gasteiger partial charge < -0.3 is 5.32 Å². The van der Waals surface area contributed by atoms with Crippen LogP contribution in [0.15, 0.2) is 54.6 Å². The summed E-state index contributed by atoms with van der Waals surface area (Å²) in [4.78, 5) is 40.3. The van der Waals surface area contributed by atoms with Crippen molar-refractivity contribution in [1.29, 1.82) is 0 Å². The summed E-state index contributed by atoms with van der Waals surface area (Å²) in [5.74, 6) is 0.492. The zero-order valence-electron chi connectivity index (χ0n) is 16.3. The first kappa shape index (κ1) is 19.1. The van der Waals surface area contributed by atoms with Crippen molar-refractivity contribution in [2.45, 2.75) is 6.42 Å². The predicted octanol–water partition coefficient (Wildman–Crippen LogP) is 4.80. The van der Waals surface area contributed by atoms with Crippen LogP contribution in [0.4, 0.5) is 11.4 Å². The molecular weight excluding hydrogens is 435 g/mol.